The van der Waals surface area contributed by atoms with Crippen LogP contribution in [0.15, 0.2) is 36.5 Å². The number of fused-ring (bicyclic) bond motifs is 1. The van der Waals surface area contributed by atoms with Gasteiger partial charge in [0, 0.05) is 11.2 Å². The van der Waals surface area contributed by atoms with Crippen LogP contribution >= 0.6 is 23.2 Å². The summed E-state index contributed by atoms with van der Waals surface area (Å²) in [7, 11) is 0. The fraction of sp³-hybridized carbons (Fsp3) is 0.200. The number of hydrogen-bond donors (Lipinski definition) is 0. The van der Waals surface area contributed by atoms with Crippen LogP contribution in [0, 0.1) is 6.92 Å². The summed E-state index contributed by atoms with van der Waals surface area (Å²) in [6.45, 7) is 3.88. The molecule has 5 heteroatoms. The van der Waals surface area contributed by atoms with E-state index in [1.54, 1.807) is 6.20 Å². The van der Waals surface area contributed by atoms with E-state index in [9.17, 15) is 0 Å². The van der Waals surface area contributed by atoms with Crippen LogP contribution in [0.25, 0.3) is 16.9 Å². The van der Waals surface area contributed by atoms with E-state index in [0.29, 0.717) is 5.02 Å². The largest absolute Gasteiger partial charge is 0.279 e. The van der Waals surface area contributed by atoms with Gasteiger partial charge in [-0.1, -0.05) is 17.7 Å². The molecule has 3 nitrogen and oxygen atoms in total. The SMILES string of the molecule is Cc1c(Cl)cccc1-n1c(C(C)Cl)nc2cccnc21. The molecule has 3 aromatic rings. The number of nitrogens with zero attached hydrogens (tertiary/aromatic N) is 3. The maximum atomic E-state index is 6.28. The van der Waals surface area contributed by atoms with Crippen LogP contribution in [-0.2, 0) is 0 Å². The molecule has 2 aromatic heterocycles. The summed E-state index contributed by atoms with van der Waals surface area (Å²) >= 11 is 12.5. The molecule has 2 heterocycles. The number of halogens is 2. The minimum atomic E-state index is -0.220. The Kier molecular flexibility index (Phi) is 3.40. The summed E-state index contributed by atoms with van der Waals surface area (Å²) in [6, 6.07) is 9.59. The summed E-state index contributed by atoms with van der Waals surface area (Å²) in [5.74, 6) is 0.769. The summed E-state index contributed by atoms with van der Waals surface area (Å²) < 4.78 is 1.98. The lowest BCUT2D eigenvalue weighted by Gasteiger charge is -2.13. The van der Waals surface area contributed by atoms with E-state index in [1.165, 1.54) is 0 Å². The predicted molar refractivity (Wildman–Crippen MR) is 82.9 cm³/mol. The zero-order valence-electron chi connectivity index (χ0n) is 11.1. The van der Waals surface area contributed by atoms with Gasteiger partial charge >= 0.3 is 0 Å². The number of pyridine rings is 1. The van der Waals surface area contributed by atoms with Gasteiger partial charge < -0.3 is 0 Å². The Balaban J connectivity index is 2.39. The predicted octanol–water partition coefficient (Wildman–Crippen LogP) is 4.68. The van der Waals surface area contributed by atoms with Crippen LogP contribution in [0.2, 0.25) is 5.02 Å². The highest BCUT2D eigenvalue weighted by molar-refractivity contribution is 6.31. The Bertz CT molecular complexity index is 778. The van der Waals surface area contributed by atoms with E-state index in [1.807, 2.05) is 48.7 Å². The van der Waals surface area contributed by atoms with Crippen molar-refractivity contribution < 1.29 is 0 Å². The van der Waals surface area contributed by atoms with Crippen molar-refractivity contribution in [1.29, 1.82) is 0 Å². The summed E-state index contributed by atoms with van der Waals surface area (Å²) in [4.78, 5) is 9.01. The van der Waals surface area contributed by atoms with Crippen molar-refractivity contribution >= 4 is 34.4 Å². The summed E-state index contributed by atoms with van der Waals surface area (Å²) in [5, 5.41) is 0.496. The monoisotopic (exact) mass is 305 g/mol. The van der Waals surface area contributed by atoms with E-state index < -0.39 is 0 Å². The van der Waals surface area contributed by atoms with Crippen molar-refractivity contribution in [2.45, 2.75) is 19.2 Å². The molecular weight excluding hydrogens is 293 g/mol. The molecule has 0 bridgehead atoms. The molecule has 1 atom stereocenters. The van der Waals surface area contributed by atoms with Gasteiger partial charge in [0.05, 0.1) is 11.1 Å². The van der Waals surface area contributed by atoms with E-state index in [2.05, 4.69) is 9.97 Å². The highest BCUT2D eigenvalue weighted by atomic mass is 35.5. The molecule has 0 aliphatic heterocycles. The van der Waals surface area contributed by atoms with Gasteiger partial charge in [-0.25, -0.2) is 9.97 Å². The summed E-state index contributed by atoms with van der Waals surface area (Å²) in [6.07, 6.45) is 1.75. The van der Waals surface area contributed by atoms with Gasteiger partial charge in [-0.3, -0.25) is 4.57 Å². The van der Waals surface area contributed by atoms with E-state index in [0.717, 1.165) is 28.2 Å². The van der Waals surface area contributed by atoms with E-state index in [4.69, 9.17) is 23.2 Å². The second-order valence-electron chi connectivity index (χ2n) is 4.65. The minimum absolute atomic E-state index is 0.220. The molecule has 20 heavy (non-hydrogen) atoms. The van der Waals surface area contributed by atoms with E-state index in [-0.39, 0.29) is 5.38 Å². The maximum absolute atomic E-state index is 6.28. The van der Waals surface area contributed by atoms with Crippen LogP contribution in [0.1, 0.15) is 23.7 Å². The van der Waals surface area contributed by atoms with Crippen molar-refractivity contribution in [3.05, 3.63) is 52.9 Å². The molecule has 0 amide bonds. The molecule has 0 saturated heterocycles. The first-order chi connectivity index (χ1) is 9.59. The lowest BCUT2D eigenvalue weighted by Crippen LogP contribution is -2.04. The molecule has 0 fully saturated rings. The quantitative estimate of drug-likeness (QED) is 0.643. The fourth-order valence-corrected chi connectivity index (χ4v) is 2.59. The zero-order valence-corrected chi connectivity index (χ0v) is 12.7. The van der Waals surface area contributed by atoms with Crippen molar-refractivity contribution in [2.75, 3.05) is 0 Å². The van der Waals surface area contributed by atoms with Gasteiger partial charge in [0.2, 0.25) is 0 Å². The first-order valence-corrected chi connectivity index (χ1v) is 7.14. The number of aromatic nitrogens is 3. The van der Waals surface area contributed by atoms with Gasteiger partial charge in [-0.05, 0) is 43.7 Å². The molecule has 0 aliphatic carbocycles. The fourth-order valence-electron chi connectivity index (χ4n) is 2.27. The van der Waals surface area contributed by atoms with Crippen molar-refractivity contribution in [1.82, 2.24) is 14.5 Å². The Labute approximate surface area is 127 Å². The van der Waals surface area contributed by atoms with Gasteiger partial charge in [-0.2, -0.15) is 0 Å². The smallest absolute Gasteiger partial charge is 0.164 e. The highest BCUT2D eigenvalue weighted by Crippen LogP contribution is 2.30. The Hall–Kier alpha value is -1.58. The van der Waals surface area contributed by atoms with E-state index >= 15 is 0 Å². The van der Waals surface area contributed by atoms with Crippen LogP contribution in [0.5, 0.6) is 0 Å². The number of hydrogen-bond acceptors (Lipinski definition) is 2. The average Bonchev–Trinajstić information content (AvgIpc) is 2.81. The van der Waals surface area contributed by atoms with Crippen molar-refractivity contribution in [3.8, 4) is 5.69 Å². The second-order valence-corrected chi connectivity index (χ2v) is 5.71. The average molecular weight is 306 g/mol. The van der Waals surface area contributed by atoms with Crippen LogP contribution in [0.4, 0.5) is 0 Å². The number of imidazole rings is 1. The zero-order chi connectivity index (χ0) is 14.3. The number of alkyl halides is 1. The normalized spacial score (nSPS) is 12.8. The molecule has 0 saturated carbocycles. The molecular formula is C15H13Cl2N3. The molecule has 0 aliphatic rings. The van der Waals surface area contributed by atoms with Crippen LogP contribution in [-0.4, -0.2) is 14.5 Å². The molecule has 1 unspecified atom stereocenters. The van der Waals surface area contributed by atoms with Crippen molar-refractivity contribution in [2.24, 2.45) is 0 Å². The van der Waals surface area contributed by atoms with Gasteiger partial charge in [0.1, 0.15) is 11.3 Å². The third kappa shape index (κ3) is 2.07. The maximum Gasteiger partial charge on any atom is 0.164 e. The third-order valence-corrected chi connectivity index (χ3v) is 3.88. The van der Waals surface area contributed by atoms with Crippen LogP contribution in [0.3, 0.4) is 0 Å². The lowest BCUT2D eigenvalue weighted by molar-refractivity contribution is 0.873. The summed E-state index contributed by atoms with van der Waals surface area (Å²) in [5.41, 5.74) is 3.56. The lowest BCUT2D eigenvalue weighted by atomic mass is 10.2. The Morgan fingerprint density at radius 2 is 2.00 bits per heavy atom. The Morgan fingerprint density at radius 3 is 2.75 bits per heavy atom. The van der Waals surface area contributed by atoms with Crippen LogP contribution < -0.4 is 0 Å². The standard InChI is InChI=1S/C15H13Cl2N3/c1-9-11(17)5-3-7-13(9)20-14(10(2)16)19-12-6-4-8-18-15(12)20/h3-8,10H,1-2H3. The molecule has 0 radical (unpaired) electrons. The molecule has 3 rings (SSSR count). The van der Waals surface area contributed by atoms with Gasteiger partial charge in [0.15, 0.2) is 5.65 Å². The third-order valence-electron chi connectivity index (χ3n) is 3.28. The topological polar surface area (TPSA) is 30.7 Å². The highest BCUT2D eigenvalue weighted by Gasteiger charge is 2.18. The van der Waals surface area contributed by atoms with Gasteiger partial charge in [0.25, 0.3) is 0 Å². The molecule has 1 aromatic carbocycles. The van der Waals surface area contributed by atoms with Gasteiger partial charge in [-0.15, -0.1) is 11.6 Å². The number of benzene rings is 1. The molecule has 0 spiro atoms. The molecule has 0 N–H and O–H groups in total. The second kappa shape index (κ2) is 5.08. The first kappa shape index (κ1) is 13.4. The Morgan fingerprint density at radius 1 is 1.20 bits per heavy atom. The minimum Gasteiger partial charge on any atom is -0.279 e. The molecule has 102 valence electrons. The first-order valence-electron chi connectivity index (χ1n) is 6.32. The number of rotatable bonds is 2. The van der Waals surface area contributed by atoms with Crippen molar-refractivity contribution in [3.63, 3.8) is 0 Å².